The summed E-state index contributed by atoms with van der Waals surface area (Å²) in [7, 11) is 0. The molecule has 4 heterocycles. The van der Waals surface area contributed by atoms with E-state index >= 15 is 0 Å². The van der Waals surface area contributed by atoms with E-state index in [0.717, 1.165) is 72.4 Å². The molecule has 2 fully saturated rings. The molecule has 2 aliphatic rings. The molecule has 4 N–H and O–H groups in total. The minimum Gasteiger partial charge on any atom is -0.444 e. The summed E-state index contributed by atoms with van der Waals surface area (Å²) in [4.78, 5) is 17.0. The minimum absolute atomic E-state index is 0.0125. The van der Waals surface area contributed by atoms with Crippen LogP contribution < -0.4 is 16.4 Å². The number of aryl methyl sites for hydroxylation is 1. The molecule has 1 saturated heterocycles. The first-order valence-electron chi connectivity index (χ1n) is 16.1. The van der Waals surface area contributed by atoms with E-state index in [4.69, 9.17) is 37.0 Å². The summed E-state index contributed by atoms with van der Waals surface area (Å²) in [5.74, 6) is -0.336. The quantitative estimate of drug-likeness (QED) is 0.141. The summed E-state index contributed by atoms with van der Waals surface area (Å²) in [5, 5.41) is 16.5. The topological polar surface area (TPSA) is 133 Å². The van der Waals surface area contributed by atoms with Crippen molar-refractivity contribution in [1.29, 1.82) is 0 Å². The van der Waals surface area contributed by atoms with Gasteiger partial charge in [0.25, 0.3) is 0 Å². The number of carbonyl (C=O) groups is 1. The number of carbonyl (C=O) groups excluding carboxylic acids is 1. The van der Waals surface area contributed by atoms with Gasteiger partial charge in [-0.05, 0) is 91.3 Å². The van der Waals surface area contributed by atoms with Gasteiger partial charge in [0.05, 0.1) is 39.4 Å². The number of amides is 1. The van der Waals surface area contributed by atoms with E-state index < -0.39 is 17.5 Å². The fourth-order valence-corrected chi connectivity index (χ4v) is 6.66. The maximum Gasteiger partial charge on any atom is 0.407 e. The Morgan fingerprint density at radius 1 is 1.17 bits per heavy atom. The van der Waals surface area contributed by atoms with Crippen LogP contribution in [0.2, 0.25) is 5.02 Å². The number of anilines is 1. The highest BCUT2D eigenvalue weighted by atomic mass is 35.5. The van der Waals surface area contributed by atoms with Gasteiger partial charge in [-0.2, -0.15) is 10.2 Å². The number of aromatic nitrogens is 4. The molecule has 11 nitrogen and oxygen atoms in total. The van der Waals surface area contributed by atoms with Crippen molar-refractivity contribution in [2.75, 3.05) is 11.9 Å². The van der Waals surface area contributed by atoms with Crippen molar-refractivity contribution in [2.45, 2.75) is 97.1 Å². The highest BCUT2D eigenvalue weighted by molar-refractivity contribution is 6.33. The molecule has 0 bridgehead atoms. The Morgan fingerprint density at radius 2 is 1.96 bits per heavy atom. The Kier molecular flexibility index (Phi) is 9.17. The lowest BCUT2D eigenvalue weighted by molar-refractivity contribution is -0.0407. The summed E-state index contributed by atoms with van der Waals surface area (Å²) >= 11 is 6.33. The third-order valence-electron chi connectivity index (χ3n) is 8.61. The summed E-state index contributed by atoms with van der Waals surface area (Å²) in [6.45, 7) is 10.3. The van der Waals surface area contributed by atoms with Crippen LogP contribution in [0.1, 0.15) is 82.5 Å². The first-order valence-corrected chi connectivity index (χ1v) is 16.5. The molecule has 1 amide bonds. The SMILES string of the molecule is Cc1nn(C2CCCCO2)c(C)c1-c1cc2c(N[C@@H]3CC[C@H](NC(=O)OC(C)(C)C)C3)c(/C(N)=N/c3cc(F)ccc3Cl)cnn2c1. The first-order chi connectivity index (χ1) is 22.4. The molecule has 6 rings (SSSR count). The third-order valence-corrected chi connectivity index (χ3v) is 8.93. The average molecular weight is 665 g/mol. The molecule has 1 unspecified atom stereocenters. The van der Waals surface area contributed by atoms with Crippen LogP contribution in [0.4, 0.5) is 20.6 Å². The second kappa shape index (κ2) is 13.2. The Labute approximate surface area is 278 Å². The number of hydrogen-bond donors (Lipinski definition) is 3. The van der Waals surface area contributed by atoms with Crippen LogP contribution in [0.5, 0.6) is 0 Å². The molecule has 0 spiro atoms. The van der Waals surface area contributed by atoms with Gasteiger partial charge in [0.1, 0.15) is 23.5 Å². The van der Waals surface area contributed by atoms with Crippen molar-refractivity contribution in [3.05, 3.63) is 64.5 Å². The van der Waals surface area contributed by atoms with E-state index in [1.807, 2.05) is 43.1 Å². The molecule has 0 radical (unpaired) electrons. The van der Waals surface area contributed by atoms with E-state index in [-0.39, 0.29) is 34.9 Å². The number of nitrogens with two attached hydrogens (primary N) is 1. The maximum absolute atomic E-state index is 14.1. The molecule has 3 aromatic heterocycles. The lowest BCUT2D eigenvalue weighted by atomic mass is 10.1. The van der Waals surface area contributed by atoms with Gasteiger partial charge in [-0.15, -0.1) is 0 Å². The van der Waals surface area contributed by atoms with Gasteiger partial charge >= 0.3 is 6.09 Å². The van der Waals surface area contributed by atoms with Crippen LogP contribution in [-0.2, 0) is 9.47 Å². The van der Waals surface area contributed by atoms with Crippen molar-refractivity contribution in [1.82, 2.24) is 24.7 Å². The lowest BCUT2D eigenvalue weighted by Gasteiger charge is -2.24. The zero-order valence-corrected chi connectivity index (χ0v) is 28.2. The predicted octanol–water partition coefficient (Wildman–Crippen LogP) is 7.20. The number of alkyl carbamates (subject to hydrolysis) is 1. The number of halogens is 2. The number of ether oxygens (including phenoxy) is 2. The standard InChI is InChI=1S/C34H42ClFN8O3/c1-19-30(20(2)44(42-19)29-8-6-7-13-46-29)21-14-28-31(39-23-10-11-24(16-23)40-33(45)47-34(3,4)5)25(17-38-43(28)18-21)32(37)41-27-15-22(36)9-12-26(27)35/h9,12,14-15,17-18,23-24,29,39H,6-8,10-11,13,16H2,1-5H3,(H2,37,41)(H,40,45)/t23-,24+,29?/m1/s1. The number of rotatable bonds is 7. The highest BCUT2D eigenvalue weighted by Gasteiger charge is 2.30. The second-order valence-electron chi connectivity index (χ2n) is 13.4. The van der Waals surface area contributed by atoms with Gasteiger partial charge in [0.2, 0.25) is 0 Å². The van der Waals surface area contributed by atoms with E-state index in [2.05, 4.69) is 28.6 Å². The molecule has 4 aromatic rings. The Morgan fingerprint density at radius 3 is 2.70 bits per heavy atom. The number of fused-ring (bicyclic) bond motifs is 1. The van der Waals surface area contributed by atoms with Crippen LogP contribution in [0.3, 0.4) is 0 Å². The number of nitrogens with zero attached hydrogens (tertiary/aromatic N) is 5. The molecule has 47 heavy (non-hydrogen) atoms. The molecule has 1 aromatic carbocycles. The van der Waals surface area contributed by atoms with Gasteiger partial charge in [0, 0.05) is 47.8 Å². The monoisotopic (exact) mass is 664 g/mol. The van der Waals surface area contributed by atoms with Crippen LogP contribution in [-0.4, -0.2) is 55.6 Å². The Hall–Kier alpha value is -4.16. The number of hydrogen-bond acceptors (Lipinski definition) is 7. The van der Waals surface area contributed by atoms with Gasteiger partial charge in [-0.3, -0.25) is 0 Å². The number of benzene rings is 1. The zero-order chi connectivity index (χ0) is 33.5. The van der Waals surface area contributed by atoms with Crippen LogP contribution in [0.25, 0.3) is 16.6 Å². The third kappa shape index (κ3) is 7.23. The Balaban J connectivity index is 1.37. The zero-order valence-electron chi connectivity index (χ0n) is 27.4. The summed E-state index contributed by atoms with van der Waals surface area (Å²) in [5.41, 5.74) is 12.2. The lowest BCUT2D eigenvalue weighted by Crippen LogP contribution is -2.38. The summed E-state index contributed by atoms with van der Waals surface area (Å²) in [6.07, 6.45) is 8.48. The van der Waals surface area contributed by atoms with Gasteiger partial charge < -0.3 is 25.8 Å². The molecular weight excluding hydrogens is 623 g/mol. The molecule has 250 valence electrons. The van der Waals surface area contributed by atoms with Gasteiger partial charge in [-0.25, -0.2) is 23.4 Å². The van der Waals surface area contributed by atoms with Crippen LogP contribution in [0.15, 0.2) is 41.7 Å². The average Bonchev–Trinajstić information content (AvgIpc) is 3.71. The maximum atomic E-state index is 14.1. The first kappa shape index (κ1) is 32.8. The second-order valence-corrected chi connectivity index (χ2v) is 13.8. The largest absolute Gasteiger partial charge is 0.444 e. The van der Waals surface area contributed by atoms with Crippen LogP contribution >= 0.6 is 11.6 Å². The summed E-state index contributed by atoms with van der Waals surface area (Å²) < 4.78 is 29.4. The molecule has 1 aliphatic heterocycles. The Bertz CT molecular complexity index is 1820. The molecule has 1 saturated carbocycles. The van der Waals surface area contributed by atoms with E-state index in [1.165, 1.54) is 18.2 Å². The van der Waals surface area contributed by atoms with E-state index in [9.17, 15) is 9.18 Å². The van der Waals surface area contributed by atoms with E-state index in [0.29, 0.717) is 12.0 Å². The van der Waals surface area contributed by atoms with E-state index in [1.54, 1.807) is 6.20 Å². The van der Waals surface area contributed by atoms with Crippen molar-refractivity contribution in [3.8, 4) is 11.1 Å². The van der Waals surface area contributed by atoms with Crippen molar-refractivity contribution < 1.29 is 18.7 Å². The predicted molar refractivity (Wildman–Crippen MR) is 181 cm³/mol. The molecule has 13 heteroatoms. The molecular formula is C34H42ClFN8O3. The number of amidine groups is 1. The van der Waals surface area contributed by atoms with Gasteiger partial charge in [0.15, 0.2) is 0 Å². The fraction of sp³-hybridized carbons (Fsp3) is 0.471. The van der Waals surface area contributed by atoms with Crippen molar-refractivity contribution >= 4 is 40.4 Å². The number of aliphatic imine (C=N–C) groups is 1. The normalized spacial score (nSPS) is 20.5. The summed E-state index contributed by atoms with van der Waals surface area (Å²) in [6, 6.07) is 5.99. The van der Waals surface area contributed by atoms with Gasteiger partial charge in [-0.1, -0.05) is 11.6 Å². The smallest absolute Gasteiger partial charge is 0.407 e. The fourth-order valence-electron chi connectivity index (χ4n) is 6.50. The molecule has 1 aliphatic carbocycles. The molecule has 3 atom stereocenters. The minimum atomic E-state index is -0.581. The van der Waals surface area contributed by atoms with Crippen molar-refractivity contribution in [2.24, 2.45) is 10.7 Å². The number of nitrogens with one attached hydrogen (secondary N) is 2. The van der Waals surface area contributed by atoms with Crippen LogP contribution in [0, 0.1) is 19.7 Å². The van der Waals surface area contributed by atoms with Crippen molar-refractivity contribution in [3.63, 3.8) is 0 Å². The highest BCUT2D eigenvalue weighted by Crippen LogP contribution is 2.36.